The maximum atomic E-state index is 13.0. The largest absolute Gasteiger partial charge is 0.382 e. The summed E-state index contributed by atoms with van der Waals surface area (Å²) in [6, 6.07) is 7.34. The van der Waals surface area contributed by atoms with Crippen LogP contribution >= 0.6 is 0 Å². The third-order valence-corrected chi connectivity index (χ3v) is 4.24. The van der Waals surface area contributed by atoms with E-state index in [1.165, 1.54) is 4.57 Å². The quantitative estimate of drug-likeness (QED) is 0.672. The summed E-state index contributed by atoms with van der Waals surface area (Å²) in [5.41, 5.74) is 0.646. The number of aromatic nitrogens is 3. The zero-order valence-electron chi connectivity index (χ0n) is 15.9. The lowest BCUT2D eigenvalue weighted by Gasteiger charge is -2.18. The molecular weight excluding hydrogens is 363 g/mol. The van der Waals surface area contributed by atoms with Crippen molar-refractivity contribution in [3.63, 3.8) is 0 Å². The maximum absolute atomic E-state index is 13.0. The molecule has 0 fully saturated rings. The van der Waals surface area contributed by atoms with Crippen LogP contribution < -0.4 is 16.2 Å². The van der Waals surface area contributed by atoms with Gasteiger partial charge in [-0.25, -0.2) is 14.4 Å². The van der Waals surface area contributed by atoms with E-state index in [-0.39, 0.29) is 11.5 Å². The number of hydrogen-bond donors (Lipinski definition) is 2. The number of hydrogen-bond acceptors (Lipinski definition) is 6. The lowest BCUT2D eigenvalue weighted by Crippen LogP contribution is -2.31. The first kappa shape index (κ1) is 19.4. The van der Waals surface area contributed by atoms with Crippen molar-refractivity contribution >= 4 is 28.4 Å². The number of nitrogens with zero attached hydrogens (tertiary/aromatic N) is 4. The molecule has 0 spiro atoms. The number of benzene rings is 1. The molecule has 2 N–H and O–H groups in total. The highest BCUT2D eigenvalue weighted by molar-refractivity contribution is 6.12. The molecule has 9 heteroatoms. The SMILES string of the molecule is CN(C)CCNc1c(C(=O)Nc2ncc(F)cn2)c(=O)n(C)c2ccccc12. The van der Waals surface area contributed by atoms with Crippen LogP contribution in [0.2, 0.25) is 0 Å². The van der Waals surface area contributed by atoms with E-state index in [1.807, 2.05) is 43.3 Å². The topological polar surface area (TPSA) is 92.2 Å². The van der Waals surface area contributed by atoms with Crippen LogP contribution in [-0.2, 0) is 7.05 Å². The van der Waals surface area contributed by atoms with Crippen LogP contribution in [0.15, 0.2) is 41.5 Å². The summed E-state index contributed by atoms with van der Waals surface area (Å²) in [6.07, 6.45) is 1.88. The standard InChI is InChI=1S/C19H21FN6O2/c1-25(2)9-8-21-16-13-6-4-5-7-14(13)26(3)18(28)15(16)17(27)24-19-22-10-12(20)11-23-19/h4-7,10-11,21H,8-9H2,1-3H3,(H,22,23,24,27). The van der Waals surface area contributed by atoms with Crippen molar-refractivity contribution in [3.8, 4) is 0 Å². The fourth-order valence-corrected chi connectivity index (χ4v) is 2.84. The Bertz CT molecular complexity index is 1060. The Morgan fingerprint density at radius 1 is 1.21 bits per heavy atom. The number of fused-ring (bicyclic) bond motifs is 1. The van der Waals surface area contributed by atoms with Crippen molar-refractivity contribution in [1.82, 2.24) is 19.4 Å². The van der Waals surface area contributed by atoms with Gasteiger partial charge in [0.05, 0.1) is 23.6 Å². The first-order chi connectivity index (χ1) is 13.4. The molecule has 0 radical (unpaired) electrons. The molecule has 146 valence electrons. The number of rotatable bonds is 6. The maximum Gasteiger partial charge on any atom is 0.265 e. The zero-order chi connectivity index (χ0) is 20.3. The Hall–Kier alpha value is -3.33. The third kappa shape index (κ3) is 3.99. The predicted octanol–water partition coefficient (Wildman–Crippen LogP) is 1.69. The fraction of sp³-hybridized carbons (Fsp3) is 0.263. The number of para-hydroxylation sites is 1. The molecule has 2 aromatic heterocycles. The minimum absolute atomic E-state index is 0.0483. The Morgan fingerprint density at radius 3 is 2.57 bits per heavy atom. The summed E-state index contributed by atoms with van der Waals surface area (Å²) in [5, 5.41) is 6.43. The monoisotopic (exact) mass is 384 g/mol. The lowest BCUT2D eigenvalue weighted by atomic mass is 10.1. The van der Waals surface area contributed by atoms with Crippen LogP contribution in [0.5, 0.6) is 0 Å². The van der Waals surface area contributed by atoms with E-state index in [1.54, 1.807) is 7.05 Å². The van der Waals surface area contributed by atoms with Gasteiger partial charge >= 0.3 is 0 Å². The molecule has 2 heterocycles. The number of carbonyl (C=O) groups excluding carboxylic acids is 1. The Balaban J connectivity index is 2.08. The summed E-state index contributed by atoms with van der Waals surface area (Å²) in [6.45, 7) is 1.25. The van der Waals surface area contributed by atoms with E-state index in [0.29, 0.717) is 24.3 Å². The Labute approximate surface area is 161 Å². The van der Waals surface area contributed by atoms with Crippen LogP contribution in [0.4, 0.5) is 16.0 Å². The van der Waals surface area contributed by atoms with Crippen molar-refractivity contribution in [1.29, 1.82) is 0 Å². The summed E-state index contributed by atoms with van der Waals surface area (Å²) in [4.78, 5) is 35.2. The van der Waals surface area contributed by atoms with Crippen molar-refractivity contribution in [3.05, 3.63) is 58.4 Å². The highest BCUT2D eigenvalue weighted by Gasteiger charge is 2.22. The highest BCUT2D eigenvalue weighted by atomic mass is 19.1. The molecule has 0 aliphatic rings. The van der Waals surface area contributed by atoms with Crippen LogP contribution in [0.25, 0.3) is 10.9 Å². The summed E-state index contributed by atoms with van der Waals surface area (Å²) >= 11 is 0. The minimum atomic E-state index is -0.662. The number of nitrogens with one attached hydrogen (secondary N) is 2. The first-order valence-corrected chi connectivity index (χ1v) is 8.67. The van der Waals surface area contributed by atoms with Gasteiger partial charge in [-0.3, -0.25) is 14.9 Å². The summed E-state index contributed by atoms with van der Waals surface area (Å²) in [5.74, 6) is -1.36. The molecule has 8 nitrogen and oxygen atoms in total. The van der Waals surface area contributed by atoms with Gasteiger partial charge in [-0.2, -0.15) is 0 Å². The fourth-order valence-electron chi connectivity index (χ4n) is 2.84. The molecule has 3 rings (SSSR count). The second kappa shape index (κ2) is 8.13. The molecule has 0 saturated heterocycles. The minimum Gasteiger partial charge on any atom is -0.382 e. The number of aryl methyl sites for hydroxylation is 1. The molecule has 1 aromatic carbocycles. The zero-order valence-corrected chi connectivity index (χ0v) is 15.9. The van der Waals surface area contributed by atoms with Crippen LogP contribution in [-0.4, -0.2) is 52.5 Å². The van der Waals surface area contributed by atoms with Gasteiger partial charge in [0.1, 0.15) is 5.56 Å². The number of likely N-dealkylation sites (N-methyl/N-ethyl adjacent to an activating group) is 1. The molecule has 0 aliphatic heterocycles. The van der Waals surface area contributed by atoms with Crippen LogP contribution in [0, 0.1) is 5.82 Å². The average Bonchev–Trinajstić information content (AvgIpc) is 2.67. The molecule has 0 saturated carbocycles. The van der Waals surface area contributed by atoms with Gasteiger partial charge in [0.2, 0.25) is 5.95 Å². The smallest absolute Gasteiger partial charge is 0.265 e. The number of pyridine rings is 1. The number of carbonyl (C=O) groups is 1. The van der Waals surface area contributed by atoms with E-state index in [9.17, 15) is 14.0 Å². The van der Waals surface area contributed by atoms with Crippen molar-refractivity contribution in [2.45, 2.75) is 0 Å². The van der Waals surface area contributed by atoms with Crippen molar-refractivity contribution in [2.75, 3.05) is 37.8 Å². The first-order valence-electron chi connectivity index (χ1n) is 8.67. The normalized spacial score (nSPS) is 11.0. The van der Waals surface area contributed by atoms with Gasteiger partial charge in [0, 0.05) is 25.5 Å². The number of anilines is 2. The molecule has 1 amide bonds. The van der Waals surface area contributed by atoms with Gasteiger partial charge < -0.3 is 14.8 Å². The second-order valence-corrected chi connectivity index (χ2v) is 6.54. The summed E-state index contributed by atoms with van der Waals surface area (Å²) < 4.78 is 14.4. The number of halogens is 1. The molecule has 3 aromatic rings. The average molecular weight is 384 g/mol. The van der Waals surface area contributed by atoms with Gasteiger partial charge in [-0.05, 0) is 20.2 Å². The van der Waals surface area contributed by atoms with Gasteiger partial charge in [0.25, 0.3) is 11.5 Å². The molecular formula is C19H21FN6O2. The van der Waals surface area contributed by atoms with Crippen molar-refractivity contribution < 1.29 is 9.18 Å². The van der Waals surface area contributed by atoms with E-state index in [4.69, 9.17) is 0 Å². The van der Waals surface area contributed by atoms with Gasteiger partial charge in [0.15, 0.2) is 5.82 Å². The Kier molecular flexibility index (Phi) is 5.65. The third-order valence-electron chi connectivity index (χ3n) is 4.24. The van der Waals surface area contributed by atoms with Crippen LogP contribution in [0.1, 0.15) is 10.4 Å². The second-order valence-electron chi connectivity index (χ2n) is 6.54. The van der Waals surface area contributed by atoms with E-state index in [0.717, 1.165) is 17.8 Å². The highest BCUT2D eigenvalue weighted by Crippen LogP contribution is 2.25. The molecule has 0 bridgehead atoms. The predicted molar refractivity (Wildman–Crippen MR) is 106 cm³/mol. The molecule has 0 aliphatic carbocycles. The Morgan fingerprint density at radius 2 is 1.89 bits per heavy atom. The molecule has 28 heavy (non-hydrogen) atoms. The molecule has 0 atom stereocenters. The van der Waals surface area contributed by atoms with Crippen LogP contribution in [0.3, 0.4) is 0 Å². The summed E-state index contributed by atoms with van der Waals surface area (Å²) in [7, 11) is 5.48. The lowest BCUT2D eigenvalue weighted by molar-refractivity contribution is 0.102. The van der Waals surface area contributed by atoms with Gasteiger partial charge in [-0.1, -0.05) is 18.2 Å². The van der Waals surface area contributed by atoms with E-state index in [2.05, 4.69) is 20.6 Å². The van der Waals surface area contributed by atoms with Crippen molar-refractivity contribution in [2.24, 2.45) is 7.05 Å². The molecule has 0 unspecified atom stereocenters. The van der Waals surface area contributed by atoms with E-state index < -0.39 is 17.3 Å². The number of amides is 1. The van der Waals surface area contributed by atoms with Gasteiger partial charge in [-0.15, -0.1) is 0 Å². The van der Waals surface area contributed by atoms with E-state index >= 15 is 0 Å².